The predicted octanol–water partition coefficient (Wildman–Crippen LogP) is -1.40. The number of hydrogen-bond donors (Lipinski definition) is 6. The van der Waals surface area contributed by atoms with Gasteiger partial charge in [0.1, 0.15) is 17.8 Å². The fraction of sp³-hybridized carbons (Fsp3) is 0.412. The van der Waals surface area contributed by atoms with Crippen LogP contribution in [-0.2, 0) is 25.6 Å². The van der Waals surface area contributed by atoms with Gasteiger partial charge in [-0.05, 0) is 31.0 Å². The molecule has 1 aromatic carbocycles. The van der Waals surface area contributed by atoms with Crippen LogP contribution in [0.5, 0.6) is 5.75 Å². The molecule has 0 aliphatic carbocycles. The van der Waals surface area contributed by atoms with E-state index in [1.54, 1.807) is 0 Å². The van der Waals surface area contributed by atoms with Crippen molar-refractivity contribution < 1.29 is 29.4 Å². The summed E-state index contributed by atoms with van der Waals surface area (Å²) in [5.74, 6) is -3.30. The summed E-state index contributed by atoms with van der Waals surface area (Å²) in [5.41, 5.74) is 11.1. The summed E-state index contributed by atoms with van der Waals surface area (Å²) in [6.45, 7) is 1.42. The van der Waals surface area contributed by atoms with E-state index in [9.17, 15) is 29.4 Å². The zero-order chi connectivity index (χ0) is 20.6. The number of aliphatic carboxylic acids is 1. The van der Waals surface area contributed by atoms with Gasteiger partial charge in [0.05, 0.1) is 6.04 Å². The smallest absolute Gasteiger partial charge is 0.326 e. The first-order valence-corrected chi connectivity index (χ1v) is 8.25. The van der Waals surface area contributed by atoms with Crippen LogP contribution in [0.25, 0.3) is 0 Å². The number of nitrogens with two attached hydrogens (primary N) is 2. The molecule has 148 valence electrons. The lowest BCUT2D eigenvalue weighted by atomic mass is 10.0. The molecule has 0 saturated carbocycles. The highest BCUT2D eigenvalue weighted by molar-refractivity contribution is 5.92. The summed E-state index contributed by atoms with van der Waals surface area (Å²) in [6.07, 6.45) is -0.302. The maximum atomic E-state index is 12.5. The molecule has 27 heavy (non-hydrogen) atoms. The third-order valence-corrected chi connectivity index (χ3v) is 3.72. The number of benzene rings is 1. The molecule has 0 aliphatic heterocycles. The molecule has 0 radical (unpaired) electrons. The van der Waals surface area contributed by atoms with Gasteiger partial charge in [-0.3, -0.25) is 14.4 Å². The Labute approximate surface area is 155 Å². The van der Waals surface area contributed by atoms with Gasteiger partial charge >= 0.3 is 5.97 Å². The average molecular weight is 380 g/mol. The van der Waals surface area contributed by atoms with Crippen molar-refractivity contribution in [1.82, 2.24) is 10.6 Å². The number of phenolic OH excluding ortho intramolecular Hbond substituents is 1. The van der Waals surface area contributed by atoms with Gasteiger partial charge in [0.2, 0.25) is 17.7 Å². The second-order valence-corrected chi connectivity index (χ2v) is 6.12. The number of nitrogens with one attached hydrogen (secondary N) is 2. The Bertz CT molecular complexity index is 689. The van der Waals surface area contributed by atoms with E-state index in [0.717, 1.165) is 0 Å². The van der Waals surface area contributed by atoms with E-state index >= 15 is 0 Å². The summed E-state index contributed by atoms with van der Waals surface area (Å²) >= 11 is 0. The van der Waals surface area contributed by atoms with Crippen molar-refractivity contribution in [2.24, 2.45) is 11.5 Å². The van der Waals surface area contributed by atoms with Crippen LogP contribution in [0.3, 0.4) is 0 Å². The molecule has 0 spiro atoms. The first-order valence-electron chi connectivity index (χ1n) is 8.25. The second kappa shape index (κ2) is 10.1. The van der Waals surface area contributed by atoms with Crippen molar-refractivity contribution >= 4 is 23.7 Å². The minimum absolute atomic E-state index is 0.0276. The van der Waals surface area contributed by atoms with Crippen LogP contribution in [0.1, 0.15) is 25.3 Å². The highest BCUT2D eigenvalue weighted by Gasteiger charge is 2.27. The number of primary amides is 1. The lowest BCUT2D eigenvalue weighted by Crippen LogP contribution is -2.54. The van der Waals surface area contributed by atoms with Crippen LogP contribution in [0, 0.1) is 0 Å². The van der Waals surface area contributed by atoms with Gasteiger partial charge in [-0.1, -0.05) is 12.1 Å². The SMILES string of the molecule is C[C@H](N)C(=O)N[C@@H](CCC(N)=O)C(=O)N[C@@H](Cc1ccc(O)cc1)C(=O)O. The van der Waals surface area contributed by atoms with Gasteiger partial charge in [-0.25, -0.2) is 4.79 Å². The summed E-state index contributed by atoms with van der Waals surface area (Å²) in [6, 6.07) is 2.53. The highest BCUT2D eigenvalue weighted by atomic mass is 16.4. The van der Waals surface area contributed by atoms with Crippen molar-refractivity contribution in [3.8, 4) is 5.75 Å². The van der Waals surface area contributed by atoms with E-state index in [-0.39, 0.29) is 25.0 Å². The van der Waals surface area contributed by atoms with Gasteiger partial charge in [0.25, 0.3) is 0 Å². The molecule has 1 rings (SSSR count). The fourth-order valence-electron chi connectivity index (χ4n) is 2.20. The predicted molar refractivity (Wildman–Crippen MR) is 95.4 cm³/mol. The molecular formula is C17H24N4O6. The first kappa shape index (κ1) is 21.9. The third kappa shape index (κ3) is 7.74. The summed E-state index contributed by atoms with van der Waals surface area (Å²) in [5, 5.41) is 23.4. The Morgan fingerprint density at radius 3 is 2.07 bits per heavy atom. The molecule has 10 heteroatoms. The normalized spacial score (nSPS) is 13.9. The van der Waals surface area contributed by atoms with E-state index < -0.39 is 41.8 Å². The van der Waals surface area contributed by atoms with E-state index in [0.29, 0.717) is 5.56 Å². The van der Waals surface area contributed by atoms with Crippen LogP contribution >= 0.6 is 0 Å². The van der Waals surface area contributed by atoms with Gasteiger partial charge in [-0.15, -0.1) is 0 Å². The molecule has 3 atom stereocenters. The summed E-state index contributed by atoms with van der Waals surface area (Å²) < 4.78 is 0. The minimum atomic E-state index is -1.27. The van der Waals surface area contributed by atoms with Crippen molar-refractivity contribution in [3.05, 3.63) is 29.8 Å². The molecule has 0 aromatic heterocycles. The van der Waals surface area contributed by atoms with Gasteiger partial charge in [0, 0.05) is 12.8 Å². The van der Waals surface area contributed by atoms with Crippen LogP contribution in [0.2, 0.25) is 0 Å². The van der Waals surface area contributed by atoms with Crippen molar-refractivity contribution in [1.29, 1.82) is 0 Å². The number of carboxylic acid groups (broad SMARTS) is 1. The minimum Gasteiger partial charge on any atom is -0.508 e. The Kier molecular flexibility index (Phi) is 8.21. The van der Waals surface area contributed by atoms with Crippen molar-refractivity contribution in [2.75, 3.05) is 0 Å². The molecule has 8 N–H and O–H groups in total. The topological polar surface area (TPSA) is 185 Å². The van der Waals surface area contributed by atoms with Crippen LogP contribution in [0.4, 0.5) is 0 Å². The number of carbonyl (C=O) groups is 4. The molecule has 3 amide bonds. The van der Waals surface area contributed by atoms with E-state index in [1.165, 1.54) is 31.2 Å². The standard InChI is InChI=1S/C17H24N4O6/c1-9(18)15(24)20-12(6-7-14(19)23)16(25)21-13(17(26)27)8-10-2-4-11(22)5-3-10/h2-5,9,12-13,22H,6-8,18H2,1H3,(H2,19,23)(H,20,24)(H,21,25)(H,26,27)/t9-,12-,13-/m0/s1. The number of phenols is 1. The number of amides is 3. The lowest BCUT2D eigenvalue weighted by molar-refractivity contribution is -0.142. The molecule has 0 saturated heterocycles. The highest BCUT2D eigenvalue weighted by Crippen LogP contribution is 2.12. The molecule has 0 aliphatic rings. The number of carboxylic acids is 1. The Morgan fingerprint density at radius 2 is 1.59 bits per heavy atom. The molecule has 10 nitrogen and oxygen atoms in total. The average Bonchev–Trinajstić information content (AvgIpc) is 2.58. The number of rotatable bonds is 10. The molecule has 0 unspecified atom stereocenters. The molecular weight excluding hydrogens is 356 g/mol. The number of carbonyl (C=O) groups excluding carboxylic acids is 3. The fourth-order valence-corrected chi connectivity index (χ4v) is 2.20. The molecule has 1 aromatic rings. The Hall–Kier alpha value is -3.14. The Balaban J connectivity index is 2.86. The van der Waals surface area contributed by atoms with E-state index in [4.69, 9.17) is 11.5 Å². The zero-order valence-corrected chi connectivity index (χ0v) is 14.8. The second-order valence-electron chi connectivity index (χ2n) is 6.12. The molecule has 0 heterocycles. The van der Waals surface area contributed by atoms with Crippen molar-refractivity contribution in [3.63, 3.8) is 0 Å². The number of aromatic hydroxyl groups is 1. The largest absolute Gasteiger partial charge is 0.508 e. The monoisotopic (exact) mass is 380 g/mol. The maximum Gasteiger partial charge on any atom is 0.326 e. The van der Waals surface area contributed by atoms with Crippen LogP contribution in [-0.4, -0.2) is 52.0 Å². The van der Waals surface area contributed by atoms with Crippen LogP contribution in [0.15, 0.2) is 24.3 Å². The van der Waals surface area contributed by atoms with Gasteiger partial charge in [-0.2, -0.15) is 0 Å². The van der Waals surface area contributed by atoms with Crippen LogP contribution < -0.4 is 22.1 Å². The molecule has 0 fully saturated rings. The van der Waals surface area contributed by atoms with Gasteiger partial charge in [0.15, 0.2) is 0 Å². The van der Waals surface area contributed by atoms with E-state index in [1.807, 2.05) is 0 Å². The maximum absolute atomic E-state index is 12.5. The van der Waals surface area contributed by atoms with Crippen molar-refractivity contribution in [2.45, 2.75) is 44.3 Å². The van der Waals surface area contributed by atoms with E-state index in [2.05, 4.69) is 10.6 Å². The summed E-state index contributed by atoms with van der Waals surface area (Å²) in [4.78, 5) is 46.7. The van der Waals surface area contributed by atoms with Gasteiger partial charge < -0.3 is 32.3 Å². The Morgan fingerprint density at radius 1 is 1.04 bits per heavy atom. The quantitative estimate of drug-likeness (QED) is 0.288. The zero-order valence-electron chi connectivity index (χ0n) is 14.8. The lowest BCUT2D eigenvalue weighted by Gasteiger charge is -2.22. The molecule has 0 bridgehead atoms. The summed E-state index contributed by atoms with van der Waals surface area (Å²) in [7, 11) is 0. The number of hydrogen-bond acceptors (Lipinski definition) is 6. The third-order valence-electron chi connectivity index (χ3n) is 3.72. The first-order chi connectivity index (χ1) is 12.6.